The summed E-state index contributed by atoms with van der Waals surface area (Å²) >= 11 is 0. The van der Waals surface area contributed by atoms with Crippen LogP contribution in [-0.2, 0) is 27.2 Å². The molecular formula is C23H26O3. The molecule has 1 atom stereocenters. The maximum Gasteiger partial charge on any atom is 0.307 e. The molecule has 1 unspecified atom stereocenters. The SMILES string of the molecule is CC(C)(C)OC(=O)CC(C=O)C1c2ccccc2CCc2ccccc21. The van der Waals surface area contributed by atoms with Crippen molar-refractivity contribution in [3.8, 4) is 0 Å². The van der Waals surface area contributed by atoms with Crippen LogP contribution in [0.4, 0.5) is 0 Å². The average Bonchev–Trinajstić information content (AvgIpc) is 2.75. The van der Waals surface area contributed by atoms with Crippen molar-refractivity contribution >= 4 is 12.3 Å². The van der Waals surface area contributed by atoms with Gasteiger partial charge in [0.05, 0.1) is 6.42 Å². The summed E-state index contributed by atoms with van der Waals surface area (Å²) in [5.74, 6) is -0.881. The van der Waals surface area contributed by atoms with E-state index in [9.17, 15) is 9.59 Å². The van der Waals surface area contributed by atoms with Gasteiger partial charge < -0.3 is 9.53 Å². The Kier molecular flexibility index (Phi) is 5.26. The molecule has 136 valence electrons. The van der Waals surface area contributed by atoms with Gasteiger partial charge in [0.15, 0.2) is 0 Å². The summed E-state index contributed by atoms with van der Waals surface area (Å²) < 4.78 is 5.47. The first-order valence-electron chi connectivity index (χ1n) is 9.22. The van der Waals surface area contributed by atoms with Gasteiger partial charge in [-0.15, -0.1) is 0 Å². The Morgan fingerprint density at radius 1 is 1.04 bits per heavy atom. The van der Waals surface area contributed by atoms with E-state index in [2.05, 4.69) is 24.3 Å². The van der Waals surface area contributed by atoms with E-state index in [4.69, 9.17) is 4.74 Å². The lowest BCUT2D eigenvalue weighted by molar-refractivity contribution is -0.156. The molecule has 2 aromatic carbocycles. The Hall–Kier alpha value is -2.42. The lowest BCUT2D eigenvalue weighted by atomic mass is 9.78. The Balaban J connectivity index is 2.01. The standard InChI is InChI=1S/C23H26O3/c1-23(2,3)26-21(25)14-18(15-24)22-19-10-6-4-8-16(19)12-13-17-9-5-7-11-20(17)22/h4-11,15,18,22H,12-14H2,1-3H3. The number of carbonyl (C=O) groups excluding carboxylic acids is 2. The third kappa shape index (κ3) is 4.04. The van der Waals surface area contributed by atoms with Crippen molar-refractivity contribution in [2.75, 3.05) is 0 Å². The van der Waals surface area contributed by atoms with Crippen LogP contribution in [0.25, 0.3) is 0 Å². The van der Waals surface area contributed by atoms with Crippen LogP contribution in [0, 0.1) is 5.92 Å². The molecule has 3 nitrogen and oxygen atoms in total. The zero-order chi connectivity index (χ0) is 18.7. The first-order valence-corrected chi connectivity index (χ1v) is 9.22. The Morgan fingerprint density at radius 2 is 1.54 bits per heavy atom. The average molecular weight is 350 g/mol. The van der Waals surface area contributed by atoms with E-state index in [-0.39, 0.29) is 18.3 Å². The molecule has 0 spiro atoms. The minimum Gasteiger partial charge on any atom is -0.460 e. The maximum absolute atomic E-state index is 12.4. The number of rotatable bonds is 4. The van der Waals surface area contributed by atoms with Gasteiger partial charge in [0, 0.05) is 11.8 Å². The van der Waals surface area contributed by atoms with Gasteiger partial charge in [0.2, 0.25) is 0 Å². The molecule has 1 aliphatic carbocycles. The smallest absolute Gasteiger partial charge is 0.307 e. The molecule has 0 aliphatic heterocycles. The number of carbonyl (C=O) groups is 2. The zero-order valence-electron chi connectivity index (χ0n) is 15.7. The molecule has 26 heavy (non-hydrogen) atoms. The molecule has 0 fully saturated rings. The second kappa shape index (κ2) is 7.45. The quantitative estimate of drug-likeness (QED) is 0.604. The molecule has 2 aromatic rings. The van der Waals surface area contributed by atoms with Crippen LogP contribution in [0.2, 0.25) is 0 Å². The number of benzene rings is 2. The summed E-state index contributed by atoms with van der Waals surface area (Å²) in [5, 5.41) is 0. The van der Waals surface area contributed by atoms with Crippen LogP contribution in [0.1, 0.15) is 55.4 Å². The Morgan fingerprint density at radius 3 is 2.00 bits per heavy atom. The third-order valence-corrected chi connectivity index (χ3v) is 4.87. The van der Waals surface area contributed by atoms with Crippen molar-refractivity contribution in [1.82, 2.24) is 0 Å². The van der Waals surface area contributed by atoms with E-state index in [1.165, 1.54) is 11.1 Å². The monoisotopic (exact) mass is 350 g/mol. The van der Waals surface area contributed by atoms with Crippen LogP contribution in [0.3, 0.4) is 0 Å². The van der Waals surface area contributed by atoms with E-state index >= 15 is 0 Å². The number of esters is 1. The number of hydrogen-bond acceptors (Lipinski definition) is 3. The molecule has 0 N–H and O–H groups in total. The molecule has 0 saturated carbocycles. The highest BCUT2D eigenvalue weighted by Gasteiger charge is 2.32. The number of ether oxygens (including phenoxy) is 1. The van der Waals surface area contributed by atoms with Crippen molar-refractivity contribution in [3.63, 3.8) is 0 Å². The van der Waals surface area contributed by atoms with Crippen LogP contribution in [0.15, 0.2) is 48.5 Å². The number of aryl methyl sites for hydroxylation is 2. The lowest BCUT2D eigenvalue weighted by Crippen LogP contribution is -2.27. The van der Waals surface area contributed by atoms with Gasteiger partial charge in [-0.2, -0.15) is 0 Å². The van der Waals surface area contributed by atoms with E-state index in [1.807, 2.05) is 45.0 Å². The number of fused-ring (bicyclic) bond motifs is 2. The molecule has 0 bridgehead atoms. The summed E-state index contributed by atoms with van der Waals surface area (Å²) in [6.45, 7) is 5.53. The van der Waals surface area contributed by atoms with Crippen molar-refractivity contribution in [2.24, 2.45) is 5.92 Å². The number of hydrogen-bond donors (Lipinski definition) is 0. The maximum atomic E-state index is 12.4. The van der Waals surface area contributed by atoms with Crippen molar-refractivity contribution < 1.29 is 14.3 Å². The highest BCUT2D eigenvalue weighted by molar-refractivity contribution is 5.75. The first kappa shape index (κ1) is 18.4. The van der Waals surface area contributed by atoms with E-state index in [1.54, 1.807) is 0 Å². The summed E-state index contributed by atoms with van der Waals surface area (Å²) in [6, 6.07) is 16.5. The second-order valence-corrected chi connectivity index (χ2v) is 7.97. The van der Waals surface area contributed by atoms with Gasteiger partial charge in [-0.3, -0.25) is 4.79 Å². The minimum atomic E-state index is -0.552. The van der Waals surface area contributed by atoms with Gasteiger partial charge in [-0.25, -0.2) is 0 Å². The van der Waals surface area contributed by atoms with Crippen molar-refractivity contribution in [3.05, 3.63) is 70.8 Å². The highest BCUT2D eigenvalue weighted by atomic mass is 16.6. The molecule has 3 rings (SSSR count). The van der Waals surface area contributed by atoms with E-state index in [0.717, 1.165) is 30.3 Å². The normalized spacial score (nSPS) is 15.3. The molecule has 1 aliphatic rings. The predicted molar refractivity (Wildman–Crippen MR) is 102 cm³/mol. The molecule has 0 amide bonds. The van der Waals surface area contributed by atoms with Crippen LogP contribution < -0.4 is 0 Å². The topological polar surface area (TPSA) is 43.4 Å². The fraction of sp³-hybridized carbons (Fsp3) is 0.391. The minimum absolute atomic E-state index is 0.0914. The molecule has 0 heterocycles. The molecule has 0 radical (unpaired) electrons. The number of aldehydes is 1. The third-order valence-electron chi connectivity index (χ3n) is 4.87. The van der Waals surface area contributed by atoms with Gasteiger partial charge in [0.25, 0.3) is 0 Å². The van der Waals surface area contributed by atoms with Gasteiger partial charge in [-0.05, 0) is 55.9 Å². The Bertz CT molecular complexity index is 754. The fourth-order valence-electron chi connectivity index (χ4n) is 3.85. The van der Waals surface area contributed by atoms with Crippen molar-refractivity contribution in [2.45, 2.75) is 51.6 Å². The van der Waals surface area contributed by atoms with Crippen LogP contribution in [0.5, 0.6) is 0 Å². The first-order chi connectivity index (χ1) is 12.4. The molecule has 0 aromatic heterocycles. The predicted octanol–water partition coefficient (Wildman–Crippen LogP) is 4.46. The zero-order valence-corrected chi connectivity index (χ0v) is 15.7. The van der Waals surface area contributed by atoms with Crippen LogP contribution >= 0.6 is 0 Å². The molecular weight excluding hydrogens is 324 g/mol. The molecule has 0 saturated heterocycles. The van der Waals surface area contributed by atoms with Gasteiger partial charge in [0.1, 0.15) is 11.9 Å². The van der Waals surface area contributed by atoms with Gasteiger partial charge >= 0.3 is 5.97 Å². The lowest BCUT2D eigenvalue weighted by Gasteiger charge is -2.27. The van der Waals surface area contributed by atoms with E-state index in [0.29, 0.717) is 0 Å². The summed E-state index contributed by atoms with van der Waals surface area (Å²) in [6.07, 6.45) is 2.91. The molecule has 3 heteroatoms. The van der Waals surface area contributed by atoms with Crippen LogP contribution in [-0.4, -0.2) is 17.9 Å². The summed E-state index contributed by atoms with van der Waals surface area (Å²) in [5.41, 5.74) is 4.26. The van der Waals surface area contributed by atoms with Gasteiger partial charge in [-0.1, -0.05) is 48.5 Å². The summed E-state index contributed by atoms with van der Waals surface area (Å²) in [4.78, 5) is 24.4. The fourth-order valence-corrected chi connectivity index (χ4v) is 3.85. The van der Waals surface area contributed by atoms with E-state index < -0.39 is 11.5 Å². The summed E-state index contributed by atoms with van der Waals surface area (Å²) in [7, 11) is 0. The highest BCUT2D eigenvalue weighted by Crippen LogP contribution is 2.40. The largest absolute Gasteiger partial charge is 0.460 e. The Labute approximate surface area is 155 Å². The second-order valence-electron chi connectivity index (χ2n) is 7.97. The van der Waals surface area contributed by atoms with Crippen molar-refractivity contribution in [1.29, 1.82) is 0 Å².